The maximum Gasteiger partial charge on any atom is 0.319 e. The van der Waals surface area contributed by atoms with Gasteiger partial charge in [-0.1, -0.05) is 18.2 Å². The molecule has 0 bridgehead atoms. The van der Waals surface area contributed by atoms with Crippen LogP contribution in [0.2, 0.25) is 0 Å². The molecule has 1 aromatic carbocycles. The first-order chi connectivity index (χ1) is 10.8. The van der Waals surface area contributed by atoms with E-state index >= 15 is 0 Å². The van der Waals surface area contributed by atoms with Gasteiger partial charge in [0.1, 0.15) is 0 Å². The molecule has 7 nitrogen and oxygen atoms in total. The van der Waals surface area contributed by atoms with Crippen molar-refractivity contribution >= 4 is 23.6 Å². The van der Waals surface area contributed by atoms with Crippen molar-refractivity contribution in [1.82, 2.24) is 10.6 Å². The van der Waals surface area contributed by atoms with E-state index in [1.165, 1.54) is 0 Å². The van der Waals surface area contributed by atoms with Crippen LogP contribution in [-0.4, -0.2) is 36.6 Å². The van der Waals surface area contributed by atoms with Gasteiger partial charge in [-0.25, -0.2) is 4.79 Å². The maximum atomic E-state index is 11.6. The second-order valence-corrected chi connectivity index (χ2v) is 5.96. The lowest BCUT2D eigenvalue weighted by Crippen LogP contribution is -2.42. The summed E-state index contributed by atoms with van der Waals surface area (Å²) in [7, 11) is 0. The smallest absolute Gasteiger partial charge is 0.319 e. The molecule has 0 saturated carbocycles. The van der Waals surface area contributed by atoms with Crippen molar-refractivity contribution < 1.29 is 19.1 Å². The summed E-state index contributed by atoms with van der Waals surface area (Å²) in [5.41, 5.74) is 0.284. The first-order valence-corrected chi connectivity index (χ1v) is 7.33. The molecule has 0 aliphatic rings. The lowest BCUT2D eigenvalue weighted by molar-refractivity contribution is -0.148. The number of para-hydroxylation sites is 1. The van der Waals surface area contributed by atoms with E-state index in [4.69, 9.17) is 4.74 Å². The van der Waals surface area contributed by atoms with E-state index in [2.05, 4.69) is 16.0 Å². The van der Waals surface area contributed by atoms with Gasteiger partial charge in [-0.15, -0.1) is 0 Å². The highest BCUT2D eigenvalue weighted by Gasteiger charge is 2.15. The summed E-state index contributed by atoms with van der Waals surface area (Å²) in [6, 6.07) is 8.54. The van der Waals surface area contributed by atoms with Crippen molar-refractivity contribution in [2.24, 2.45) is 0 Å². The molecule has 3 amide bonds. The Morgan fingerprint density at radius 2 is 1.74 bits per heavy atom. The minimum atomic E-state index is -0.547. The fourth-order valence-corrected chi connectivity index (χ4v) is 1.65. The normalized spacial score (nSPS) is 10.6. The van der Waals surface area contributed by atoms with Crippen LogP contribution in [0.25, 0.3) is 0 Å². The number of urea groups is 1. The van der Waals surface area contributed by atoms with Crippen molar-refractivity contribution in [2.45, 2.75) is 32.7 Å². The molecule has 3 N–H and O–H groups in total. The van der Waals surface area contributed by atoms with Crippen molar-refractivity contribution in [3.8, 4) is 0 Å². The highest BCUT2D eigenvalue weighted by atomic mass is 16.5. The number of carbonyl (C=O) groups excluding carboxylic acids is 3. The van der Waals surface area contributed by atoms with E-state index in [1.54, 1.807) is 24.3 Å². The Balaban J connectivity index is 2.16. The number of hydrogen-bond acceptors (Lipinski definition) is 4. The third-order valence-electron chi connectivity index (χ3n) is 2.53. The largest absolute Gasteiger partial charge is 0.456 e. The average molecular weight is 321 g/mol. The maximum absolute atomic E-state index is 11.6. The van der Waals surface area contributed by atoms with Crippen LogP contribution < -0.4 is 16.0 Å². The Bertz CT molecular complexity index is 538. The molecule has 0 radical (unpaired) electrons. The predicted octanol–water partition coefficient (Wildman–Crippen LogP) is 1.66. The highest BCUT2D eigenvalue weighted by molar-refractivity contribution is 5.89. The number of anilines is 1. The third-order valence-corrected chi connectivity index (χ3v) is 2.53. The SMILES string of the molecule is CC(C)(C)NC(=O)COC(=O)CCNC(=O)Nc1ccccc1. The molecule has 126 valence electrons. The van der Waals surface area contributed by atoms with Gasteiger partial charge in [0.15, 0.2) is 6.61 Å². The zero-order valence-electron chi connectivity index (χ0n) is 13.6. The van der Waals surface area contributed by atoms with Gasteiger partial charge < -0.3 is 20.7 Å². The van der Waals surface area contributed by atoms with Gasteiger partial charge in [0.25, 0.3) is 5.91 Å². The molecule has 0 unspecified atom stereocenters. The first kappa shape index (κ1) is 18.5. The number of nitrogens with one attached hydrogen (secondary N) is 3. The van der Waals surface area contributed by atoms with Gasteiger partial charge in [-0.2, -0.15) is 0 Å². The topological polar surface area (TPSA) is 96.5 Å². The number of hydrogen-bond donors (Lipinski definition) is 3. The molecule has 0 aliphatic heterocycles. The fourth-order valence-electron chi connectivity index (χ4n) is 1.65. The molecule has 0 fully saturated rings. The summed E-state index contributed by atoms with van der Waals surface area (Å²) in [5.74, 6) is -0.908. The summed E-state index contributed by atoms with van der Waals surface area (Å²) < 4.78 is 4.83. The Hall–Kier alpha value is -2.57. The molecular formula is C16H23N3O4. The average Bonchev–Trinajstić information content (AvgIpc) is 2.44. The van der Waals surface area contributed by atoms with Crippen LogP contribution >= 0.6 is 0 Å². The zero-order valence-corrected chi connectivity index (χ0v) is 13.6. The summed E-state index contributed by atoms with van der Waals surface area (Å²) >= 11 is 0. The number of amides is 3. The standard InChI is InChI=1S/C16H23N3O4/c1-16(2,3)19-13(20)11-23-14(21)9-10-17-15(22)18-12-7-5-4-6-8-12/h4-8H,9-11H2,1-3H3,(H,19,20)(H2,17,18,22). The van der Waals surface area contributed by atoms with Crippen LogP contribution in [0.15, 0.2) is 30.3 Å². The Morgan fingerprint density at radius 1 is 1.09 bits per heavy atom. The van der Waals surface area contributed by atoms with Crippen LogP contribution in [0.1, 0.15) is 27.2 Å². The van der Waals surface area contributed by atoms with Crippen molar-refractivity contribution in [1.29, 1.82) is 0 Å². The summed E-state index contributed by atoms with van der Waals surface area (Å²) in [6.45, 7) is 5.30. The quantitative estimate of drug-likeness (QED) is 0.694. The first-order valence-electron chi connectivity index (χ1n) is 7.33. The van der Waals surface area contributed by atoms with Crippen LogP contribution in [0.4, 0.5) is 10.5 Å². The van der Waals surface area contributed by atoms with E-state index in [0.29, 0.717) is 5.69 Å². The Kier molecular flexibility index (Phi) is 7.05. The lowest BCUT2D eigenvalue weighted by atomic mass is 10.1. The van der Waals surface area contributed by atoms with Gasteiger partial charge in [0, 0.05) is 17.8 Å². The fraction of sp³-hybridized carbons (Fsp3) is 0.438. The monoisotopic (exact) mass is 321 g/mol. The molecule has 1 rings (SSSR count). The molecule has 0 saturated heterocycles. The zero-order chi connectivity index (χ0) is 17.3. The van der Waals surface area contributed by atoms with E-state index in [-0.39, 0.29) is 31.0 Å². The van der Waals surface area contributed by atoms with Gasteiger partial charge >= 0.3 is 12.0 Å². The second kappa shape index (κ2) is 8.77. The van der Waals surface area contributed by atoms with E-state index in [1.807, 2.05) is 26.8 Å². The molecule has 0 aromatic heterocycles. The van der Waals surface area contributed by atoms with Crippen LogP contribution in [0, 0.1) is 0 Å². The number of esters is 1. The summed E-state index contributed by atoms with van der Waals surface area (Å²) in [5, 5.41) is 7.84. The summed E-state index contributed by atoms with van der Waals surface area (Å²) in [4.78, 5) is 34.5. The number of benzene rings is 1. The highest BCUT2D eigenvalue weighted by Crippen LogP contribution is 2.04. The molecule has 0 heterocycles. The van der Waals surface area contributed by atoms with Crippen molar-refractivity contribution in [2.75, 3.05) is 18.5 Å². The van der Waals surface area contributed by atoms with E-state index in [0.717, 1.165) is 0 Å². The van der Waals surface area contributed by atoms with Crippen LogP contribution in [0.5, 0.6) is 0 Å². The lowest BCUT2D eigenvalue weighted by Gasteiger charge is -2.20. The predicted molar refractivity (Wildman–Crippen MR) is 86.9 cm³/mol. The molecule has 0 atom stereocenters. The third kappa shape index (κ3) is 9.13. The second-order valence-electron chi connectivity index (χ2n) is 5.96. The summed E-state index contributed by atoms with van der Waals surface area (Å²) in [6.07, 6.45) is -0.00892. The Morgan fingerprint density at radius 3 is 2.35 bits per heavy atom. The number of rotatable bonds is 6. The molecule has 0 spiro atoms. The molecule has 23 heavy (non-hydrogen) atoms. The van der Waals surface area contributed by atoms with Gasteiger partial charge in [-0.3, -0.25) is 9.59 Å². The van der Waals surface area contributed by atoms with E-state index in [9.17, 15) is 14.4 Å². The molecule has 7 heteroatoms. The molecule has 0 aliphatic carbocycles. The van der Waals surface area contributed by atoms with Gasteiger partial charge in [0.2, 0.25) is 0 Å². The Labute approximate surface area is 135 Å². The van der Waals surface area contributed by atoms with Crippen LogP contribution in [0.3, 0.4) is 0 Å². The van der Waals surface area contributed by atoms with Crippen LogP contribution in [-0.2, 0) is 14.3 Å². The number of ether oxygens (including phenoxy) is 1. The minimum Gasteiger partial charge on any atom is -0.456 e. The molecule has 1 aromatic rings. The van der Waals surface area contributed by atoms with Gasteiger partial charge in [0.05, 0.1) is 6.42 Å². The van der Waals surface area contributed by atoms with Crippen molar-refractivity contribution in [3.63, 3.8) is 0 Å². The molecular weight excluding hydrogens is 298 g/mol. The number of carbonyl (C=O) groups is 3. The minimum absolute atomic E-state index is 0.00892. The van der Waals surface area contributed by atoms with Crippen molar-refractivity contribution in [3.05, 3.63) is 30.3 Å². The van der Waals surface area contributed by atoms with E-state index < -0.39 is 12.0 Å². The van der Waals surface area contributed by atoms with Gasteiger partial charge in [-0.05, 0) is 32.9 Å².